The molecule has 0 saturated heterocycles. The van der Waals surface area contributed by atoms with E-state index in [1.54, 1.807) is 0 Å². The average molecular weight is 272 g/mol. The molecule has 0 aromatic heterocycles. The van der Waals surface area contributed by atoms with Gasteiger partial charge in [0.15, 0.2) is 0 Å². The van der Waals surface area contributed by atoms with Gasteiger partial charge in [-0.25, -0.2) is 0 Å². The minimum absolute atomic E-state index is 0.638. The predicted octanol–water partition coefficient (Wildman–Crippen LogP) is 4.57. The molecule has 1 aliphatic rings. The quantitative estimate of drug-likeness (QED) is 0.649. The van der Waals surface area contributed by atoms with Crippen molar-refractivity contribution in [3.05, 3.63) is 0 Å². The summed E-state index contributed by atoms with van der Waals surface area (Å²) in [5.41, 5.74) is 0. The van der Waals surface area contributed by atoms with Crippen LogP contribution in [0.3, 0.4) is 0 Å². The third-order valence-corrected chi connectivity index (χ3v) is 5.38. The molecule has 3 unspecified atom stereocenters. The van der Waals surface area contributed by atoms with E-state index in [9.17, 15) is 0 Å². The highest BCUT2D eigenvalue weighted by atomic mass is 32.2. The summed E-state index contributed by atoms with van der Waals surface area (Å²) in [5, 5.41) is 3.66. The first kappa shape index (κ1) is 16.4. The zero-order chi connectivity index (χ0) is 13.4. The van der Waals surface area contributed by atoms with Gasteiger partial charge in [0.05, 0.1) is 0 Å². The Hall–Kier alpha value is 0.310. The van der Waals surface area contributed by atoms with Crippen LogP contribution in [0, 0.1) is 17.8 Å². The molecule has 1 aliphatic carbocycles. The zero-order valence-corrected chi connectivity index (χ0v) is 13.7. The standard InChI is InChI=1S/C16H33NS/c1-5-14-7-8-16(12-17-13(3)4)15(11-14)9-10-18-6-2/h13-17H,5-12H2,1-4H3. The Kier molecular flexibility index (Phi) is 8.41. The Morgan fingerprint density at radius 2 is 1.94 bits per heavy atom. The van der Waals surface area contributed by atoms with E-state index in [0.717, 1.165) is 17.8 Å². The van der Waals surface area contributed by atoms with Gasteiger partial charge in [0.25, 0.3) is 0 Å². The Labute approximate surface area is 119 Å². The maximum atomic E-state index is 3.66. The topological polar surface area (TPSA) is 12.0 Å². The minimum atomic E-state index is 0.638. The van der Waals surface area contributed by atoms with Gasteiger partial charge in [0, 0.05) is 6.04 Å². The molecule has 0 aromatic carbocycles. The van der Waals surface area contributed by atoms with E-state index >= 15 is 0 Å². The molecule has 0 aromatic rings. The highest BCUT2D eigenvalue weighted by Crippen LogP contribution is 2.37. The van der Waals surface area contributed by atoms with Crippen LogP contribution in [-0.4, -0.2) is 24.1 Å². The molecular formula is C16H33NS. The van der Waals surface area contributed by atoms with E-state index in [1.165, 1.54) is 50.2 Å². The Balaban J connectivity index is 2.40. The molecule has 0 radical (unpaired) electrons. The first-order chi connectivity index (χ1) is 8.67. The van der Waals surface area contributed by atoms with E-state index < -0.39 is 0 Å². The lowest BCUT2D eigenvalue weighted by Crippen LogP contribution is -2.36. The molecule has 0 heterocycles. The lowest BCUT2D eigenvalue weighted by molar-refractivity contribution is 0.166. The van der Waals surface area contributed by atoms with Crippen molar-refractivity contribution in [1.29, 1.82) is 0 Å². The molecule has 0 spiro atoms. The molecular weight excluding hydrogens is 238 g/mol. The number of rotatable bonds is 8. The van der Waals surface area contributed by atoms with Gasteiger partial charge < -0.3 is 5.32 Å². The number of hydrogen-bond donors (Lipinski definition) is 1. The second-order valence-electron chi connectivity index (χ2n) is 6.16. The highest BCUT2D eigenvalue weighted by Gasteiger charge is 2.29. The summed E-state index contributed by atoms with van der Waals surface area (Å²) in [6.45, 7) is 10.4. The van der Waals surface area contributed by atoms with Crippen LogP contribution < -0.4 is 5.32 Å². The van der Waals surface area contributed by atoms with E-state index in [2.05, 4.69) is 44.8 Å². The summed E-state index contributed by atoms with van der Waals surface area (Å²) >= 11 is 2.12. The number of thioether (sulfide) groups is 1. The molecule has 108 valence electrons. The van der Waals surface area contributed by atoms with E-state index in [-0.39, 0.29) is 0 Å². The summed E-state index contributed by atoms with van der Waals surface area (Å²) in [7, 11) is 0. The highest BCUT2D eigenvalue weighted by molar-refractivity contribution is 7.99. The fourth-order valence-corrected chi connectivity index (χ4v) is 3.94. The minimum Gasteiger partial charge on any atom is -0.314 e. The maximum absolute atomic E-state index is 3.66. The summed E-state index contributed by atoms with van der Waals surface area (Å²) in [6, 6.07) is 0.638. The third kappa shape index (κ3) is 5.97. The van der Waals surface area contributed by atoms with Gasteiger partial charge in [-0.1, -0.05) is 40.5 Å². The fourth-order valence-electron chi connectivity index (χ4n) is 3.18. The zero-order valence-electron chi connectivity index (χ0n) is 12.9. The third-order valence-electron chi connectivity index (χ3n) is 4.45. The lowest BCUT2D eigenvalue weighted by Gasteiger charge is -2.36. The van der Waals surface area contributed by atoms with Gasteiger partial charge in [0.2, 0.25) is 0 Å². The van der Waals surface area contributed by atoms with Crippen molar-refractivity contribution in [2.45, 2.75) is 65.8 Å². The Morgan fingerprint density at radius 1 is 1.17 bits per heavy atom. The van der Waals surface area contributed by atoms with Crippen LogP contribution in [0.1, 0.15) is 59.8 Å². The molecule has 18 heavy (non-hydrogen) atoms. The van der Waals surface area contributed by atoms with Gasteiger partial charge in [0.1, 0.15) is 0 Å². The van der Waals surface area contributed by atoms with Crippen molar-refractivity contribution in [3.8, 4) is 0 Å². The molecule has 2 heteroatoms. The predicted molar refractivity (Wildman–Crippen MR) is 85.4 cm³/mol. The normalized spacial score (nSPS) is 28.8. The molecule has 0 amide bonds. The number of hydrogen-bond acceptors (Lipinski definition) is 2. The van der Waals surface area contributed by atoms with Crippen LogP contribution in [0.25, 0.3) is 0 Å². The molecule has 1 saturated carbocycles. The van der Waals surface area contributed by atoms with Gasteiger partial charge in [-0.2, -0.15) is 11.8 Å². The SMILES string of the molecule is CCSCCC1CC(CC)CCC1CNC(C)C. The van der Waals surface area contributed by atoms with Gasteiger partial charge in [-0.05, 0) is 55.1 Å². The van der Waals surface area contributed by atoms with E-state index in [4.69, 9.17) is 0 Å². The van der Waals surface area contributed by atoms with Crippen molar-refractivity contribution in [2.75, 3.05) is 18.1 Å². The van der Waals surface area contributed by atoms with Crippen LogP contribution in [0.2, 0.25) is 0 Å². The summed E-state index contributed by atoms with van der Waals surface area (Å²) in [4.78, 5) is 0. The fraction of sp³-hybridized carbons (Fsp3) is 1.00. The van der Waals surface area contributed by atoms with Crippen molar-refractivity contribution >= 4 is 11.8 Å². The summed E-state index contributed by atoms with van der Waals surface area (Å²) in [5.74, 6) is 5.58. The van der Waals surface area contributed by atoms with Crippen LogP contribution in [0.5, 0.6) is 0 Å². The molecule has 1 N–H and O–H groups in total. The Bertz CT molecular complexity index is 205. The monoisotopic (exact) mass is 271 g/mol. The smallest absolute Gasteiger partial charge is 0.00104 e. The van der Waals surface area contributed by atoms with Crippen molar-refractivity contribution in [1.82, 2.24) is 5.32 Å². The average Bonchev–Trinajstić information content (AvgIpc) is 2.37. The van der Waals surface area contributed by atoms with Crippen LogP contribution in [0.4, 0.5) is 0 Å². The largest absolute Gasteiger partial charge is 0.314 e. The van der Waals surface area contributed by atoms with E-state index in [0.29, 0.717) is 6.04 Å². The van der Waals surface area contributed by atoms with Crippen LogP contribution in [0.15, 0.2) is 0 Å². The second kappa shape index (κ2) is 9.25. The summed E-state index contributed by atoms with van der Waals surface area (Å²) in [6.07, 6.45) is 7.25. The molecule has 0 bridgehead atoms. The number of nitrogens with one attached hydrogen (secondary N) is 1. The molecule has 1 fully saturated rings. The van der Waals surface area contributed by atoms with Gasteiger partial charge >= 0.3 is 0 Å². The van der Waals surface area contributed by atoms with Crippen LogP contribution in [-0.2, 0) is 0 Å². The lowest BCUT2D eigenvalue weighted by atomic mass is 9.72. The molecule has 3 atom stereocenters. The Morgan fingerprint density at radius 3 is 2.56 bits per heavy atom. The van der Waals surface area contributed by atoms with Crippen LogP contribution >= 0.6 is 11.8 Å². The molecule has 0 aliphatic heterocycles. The van der Waals surface area contributed by atoms with Gasteiger partial charge in [-0.15, -0.1) is 0 Å². The summed E-state index contributed by atoms with van der Waals surface area (Å²) < 4.78 is 0. The van der Waals surface area contributed by atoms with Crippen molar-refractivity contribution in [3.63, 3.8) is 0 Å². The molecule has 1 nitrogen and oxygen atoms in total. The first-order valence-electron chi connectivity index (χ1n) is 7.98. The second-order valence-corrected chi connectivity index (χ2v) is 7.55. The van der Waals surface area contributed by atoms with Crippen molar-refractivity contribution in [2.24, 2.45) is 17.8 Å². The maximum Gasteiger partial charge on any atom is 0.00104 e. The van der Waals surface area contributed by atoms with Crippen molar-refractivity contribution < 1.29 is 0 Å². The molecule has 1 rings (SSSR count). The van der Waals surface area contributed by atoms with Gasteiger partial charge in [-0.3, -0.25) is 0 Å². The van der Waals surface area contributed by atoms with E-state index in [1.807, 2.05) is 0 Å². The first-order valence-corrected chi connectivity index (χ1v) is 9.13.